The Labute approximate surface area is 160 Å². The van der Waals surface area contributed by atoms with Crippen molar-refractivity contribution in [2.45, 2.75) is 19.5 Å². The number of aryl methyl sites for hydroxylation is 1. The minimum Gasteiger partial charge on any atom is -0.351 e. The van der Waals surface area contributed by atoms with Crippen LogP contribution in [-0.4, -0.2) is 42.4 Å². The van der Waals surface area contributed by atoms with E-state index in [0.717, 1.165) is 11.0 Å². The standard InChI is InChI=1S/C19H18FN7O/c20-15-7-2-1-6-14(15)12-26-13-17(23-24-26)19(28)21-10-5-11-27-18-9-4-3-8-16(18)22-25-27/h1-4,6-9,13H,5,10-12H2,(H,21,28). The van der Waals surface area contributed by atoms with Crippen LogP contribution < -0.4 is 5.32 Å². The minimum absolute atomic E-state index is 0.197. The van der Waals surface area contributed by atoms with Crippen molar-refractivity contribution in [3.8, 4) is 0 Å². The van der Waals surface area contributed by atoms with Crippen LogP contribution in [0.2, 0.25) is 0 Å². The van der Waals surface area contributed by atoms with E-state index in [0.29, 0.717) is 25.1 Å². The van der Waals surface area contributed by atoms with Gasteiger partial charge in [-0.25, -0.2) is 13.8 Å². The first kappa shape index (κ1) is 17.8. The highest BCUT2D eigenvalue weighted by Crippen LogP contribution is 2.10. The Balaban J connectivity index is 1.28. The number of hydrogen-bond donors (Lipinski definition) is 1. The largest absolute Gasteiger partial charge is 0.351 e. The smallest absolute Gasteiger partial charge is 0.273 e. The number of aromatic nitrogens is 6. The van der Waals surface area contributed by atoms with Gasteiger partial charge in [-0.2, -0.15) is 0 Å². The molecule has 0 saturated heterocycles. The number of benzene rings is 2. The van der Waals surface area contributed by atoms with E-state index >= 15 is 0 Å². The summed E-state index contributed by atoms with van der Waals surface area (Å²) in [6.07, 6.45) is 2.20. The first-order valence-corrected chi connectivity index (χ1v) is 8.91. The summed E-state index contributed by atoms with van der Waals surface area (Å²) in [7, 11) is 0. The molecule has 2 aromatic carbocycles. The maximum atomic E-state index is 13.7. The Hall–Kier alpha value is -3.62. The van der Waals surface area contributed by atoms with E-state index in [1.54, 1.807) is 18.2 Å². The molecule has 0 bridgehead atoms. The van der Waals surface area contributed by atoms with Crippen molar-refractivity contribution in [2.24, 2.45) is 0 Å². The van der Waals surface area contributed by atoms with Crippen molar-refractivity contribution >= 4 is 16.9 Å². The summed E-state index contributed by atoms with van der Waals surface area (Å²) in [5, 5.41) is 18.8. The molecule has 0 spiro atoms. The number of amides is 1. The fourth-order valence-electron chi connectivity index (χ4n) is 2.88. The minimum atomic E-state index is -0.316. The van der Waals surface area contributed by atoms with Gasteiger partial charge in [-0.3, -0.25) is 4.79 Å². The monoisotopic (exact) mass is 379 g/mol. The second-order valence-corrected chi connectivity index (χ2v) is 6.30. The molecule has 2 aromatic heterocycles. The van der Waals surface area contributed by atoms with Gasteiger partial charge in [0, 0.05) is 18.7 Å². The van der Waals surface area contributed by atoms with Crippen molar-refractivity contribution in [3.63, 3.8) is 0 Å². The molecule has 8 nitrogen and oxygen atoms in total. The molecule has 4 aromatic rings. The normalized spacial score (nSPS) is 11.0. The molecule has 0 aliphatic rings. The molecule has 0 fully saturated rings. The van der Waals surface area contributed by atoms with Gasteiger partial charge in [0.25, 0.3) is 5.91 Å². The maximum absolute atomic E-state index is 13.7. The highest BCUT2D eigenvalue weighted by atomic mass is 19.1. The molecule has 28 heavy (non-hydrogen) atoms. The van der Waals surface area contributed by atoms with E-state index in [2.05, 4.69) is 25.9 Å². The zero-order chi connectivity index (χ0) is 19.3. The van der Waals surface area contributed by atoms with Gasteiger partial charge in [-0.1, -0.05) is 40.8 Å². The number of nitrogens with zero attached hydrogens (tertiary/aromatic N) is 6. The average molecular weight is 379 g/mol. The highest BCUT2D eigenvalue weighted by Gasteiger charge is 2.11. The number of para-hydroxylation sites is 1. The van der Waals surface area contributed by atoms with E-state index in [9.17, 15) is 9.18 Å². The fourth-order valence-corrected chi connectivity index (χ4v) is 2.88. The second kappa shape index (κ2) is 7.95. The Morgan fingerprint density at radius 1 is 1.04 bits per heavy atom. The van der Waals surface area contributed by atoms with Crippen molar-refractivity contribution in [1.29, 1.82) is 0 Å². The van der Waals surface area contributed by atoms with Crippen LogP contribution in [0.5, 0.6) is 0 Å². The number of hydrogen-bond acceptors (Lipinski definition) is 5. The Kier molecular flexibility index (Phi) is 5.05. The zero-order valence-electron chi connectivity index (χ0n) is 15.0. The molecule has 0 aliphatic carbocycles. The predicted molar refractivity (Wildman–Crippen MR) is 100 cm³/mol. The zero-order valence-corrected chi connectivity index (χ0v) is 15.0. The van der Waals surface area contributed by atoms with Crippen LogP contribution in [0.25, 0.3) is 11.0 Å². The molecule has 1 N–H and O–H groups in total. The first-order chi connectivity index (χ1) is 13.7. The summed E-state index contributed by atoms with van der Waals surface area (Å²) in [5.41, 5.74) is 2.49. The molecule has 142 valence electrons. The third kappa shape index (κ3) is 3.88. The van der Waals surface area contributed by atoms with Gasteiger partial charge >= 0.3 is 0 Å². The molecule has 9 heteroatoms. The highest BCUT2D eigenvalue weighted by molar-refractivity contribution is 5.91. The molecule has 2 heterocycles. The first-order valence-electron chi connectivity index (χ1n) is 8.91. The number of rotatable bonds is 7. The van der Waals surface area contributed by atoms with E-state index in [1.807, 2.05) is 28.9 Å². The maximum Gasteiger partial charge on any atom is 0.273 e. The van der Waals surface area contributed by atoms with Crippen molar-refractivity contribution in [2.75, 3.05) is 6.54 Å². The number of halogens is 1. The van der Waals surface area contributed by atoms with E-state index in [-0.39, 0.29) is 24.0 Å². The van der Waals surface area contributed by atoms with E-state index in [4.69, 9.17) is 0 Å². The number of carbonyl (C=O) groups excluding carboxylic acids is 1. The molecule has 1 amide bonds. The van der Waals surface area contributed by atoms with E-state index in [1.165, 1.54) is 16.9 Å². The molecule has 0 atom stereocenters. The molecule has 0 aliphatic heterocycles. The molecular weight excluding hydrogens is 361 g/mol. The van der Waals surface area contributed by atoms with Crippen LogP contribution in [0.3, 0.4) is 0 Å². The van der Waals surface area contributed by atoms with Crippen molar-refractivity contribution in [3.05, 3.63) is 71.8 Å². The van der Waals surface area contributed by atoms with Gasteiger partial charge in [-0.05, 0) is 24.6 Å². The van der Waals surface area contributed by atoms with Crippen molar-refractivity contribution < 1.29 is 9.18 Å². The summed E-state index contributed by atoms with van der Waals surface area (Å²) in [4.78, 5) is 12.2. The van der Waals surface area contributed by atoms with Gasteiger partial charge < -0.3 is 5.32 Å². The number of nitrogens with one attached hydrogen (secondary N) is 1. The Morgan fingerprint density at radius 2 is 1.86 bits per heavy atom. The van der Waals surface area contributed by atoms with Gasteiger partial charge in [0.1, 0.15) is 11.3 Å². The van der Waals surface area contributed by atoms with E-state index < -0.39 is 0 Å². The molecule has 0 unspecified atom stereocenters. The number of fused-ring (bicyclic) bond motifs is 1. The average Bonchev–Trinajstić information content (AvgIpc) is 3.34. The van der Waals surface area contributed by atoms with Gasteiger partial charge in [-0.15, -0.1) is 10.2 Å². The predicted octanol–water partition coefficient (Wildman–Crippen LogP) is 2.03. The van der Waals surface area contributed by atoms with Gasteiger partial charge in [0.2, 0.25) is 0 Å². The van der Waals surface area contributed by atoms with Crippen molar-refractivity contribution in [1.82, 2.24) is 35.3 Å². The second-order valence-electron chi connectivity index (χ2n) is 6.30. The van der Waals surface area contributed by atoms with Crippen LogP contribution in [-0.2, 0) is 13.1 Å². The third-order valence-corrected chi connectivity index (χ3v) is 4.31. The fraction of sp³-hybridized carbons (Fsp3) is 0.211. The van der Waals surface area contributed by atoms with Crippen LogP contribution in [0.15, 0.2) is 54.7 Å². The SMILES string of the molecule is O=C(NCCCn1nnc2ccccc21)c1cn(Cc2ccccc2F)nn1. The van der Waals surface area contributed by atoms with Crippen LogP contribution in [0, 0.1) is 5.82 Å². The lowest BCUT2D eigenvalue weighted by Gasteiger charge is -2.04. The summed E-state index contributed by atoms with van der Waals surface area (Å²) in [5.74, 6) is -0.632. The Morgan fingerprint density at radius 3 is 2.75 bits per heavy atom. The summed E-state index contributed by atoms with van der Waals surface area (Å²) in [6.45, 7) is 1.32. The number of carbonyl (C=O) groups is 1. The molecule has 0 saturated carbocycles. The van der Waals surface area contributed by atoms with Gasteiger partial charge in [0.05, 0.1) is 18.3 Å². The van der Waals surface area contributed by atoms with Gasteiger partial charge in [0.15, 0.2) is 5.69 Å². The Bertz CT molecular complexity index is 1100. The lowest BCUT2D eigenvalue weighted by molar-refractivity contribution is 0.0947. The van der Waals surface area contributed by atoms with Crippen LogP contribution >= 0.6 is 0 Å². The molecular formula is C19H18FN7O. The third-order valence-electron chi connectivity index (χ3n) is 4.31. The molecule has 0 radical (unpaired) electrons. The lowest BCUT2D eigenvalue weighted by Crippen LogP contribution is -2.25. The summed E-state index contributed by atoms with van der Waals surface area (Å²) >= 11 is 0. The lowest BCUT2D eigenvalue weighted by atomic mass is 10.2. The molecule has 4 rings (SSSR count). The van der Waals surface area contributed by atoms with Crippen LogP contribution in [0.4, 0.5) is 4.39 Å². The quantitative estimate of drug-likeness (QED) is 0.496. The summed E-state index contributed by atoms with van der Waals surface area (Å²) in [6, 6.07) is 14.2. The topological polar surface area (TPSA) is 90.5 Å². The summed E-state index contributed by atoms with van der Waals surface area (Å²) < 4.78 is 17.0. The van der Waals surface area contributed by atoms with Crippen LogP contribution in [0.1, 0.15) is 22.5 Å².